The molecule has 0 amide bonds. The third-order valence-corrected chi connectivity index (χ3v) is 12.0. The van der Waals surface area contributed by atoms with E-state index in [1.54, 1.807) is 12.3 Å². The fourth-order valence-electron chi connectivity index (χ4n) is 7.72. The predicted octanol–water partition coefficient (Wildman–Crippen LogP) is 5.67. The van der Waals surface area contributed by atoms with Gasteiger partial charge in [0.05, 0.1) is 33.5 Å². The SMILES string of the molecule is CN(CC1(N(C)C)CCC1)c1nc(OCC2(CN3CC4CC4C3)CC2)nc2cc(-c3cc(F)c(F)c4sc(N)c(C#N)c34)ncc12. The number of piperidine rings is 1. The van der Waals surface area contributed by atoms with Crippen molar-refractivity contribution < 1.29 is 13.5 Å². The standard InChI is InChI=1S/C34H38F2N8OS/c1-42(2)34(5-4-6-34)17-43(3)31-23-13-39-25(21-10-24(35)28(36)29-27(21)22(12-37)30(38)46-29)11-26(23)40-32(41-31)45-18-33(7-8-33)16-44-14-19-9-20(19)15-44/h10-11,13,19-20H,4-9,14-18,38H2,1-3H3. The lowest BCUT2D eigenvalue weighted by Crippen LogP contribution is -2.56. The van der Waals surface area contributed by atoms with Gasteiger partial charge in [-0.15, -0.1) is 11.3 Å². The lowest BCUT2D eigenvalue weighted by Gasteiger charge is -2.49. The van der Waals surface area contributed by atoms with Crippen LogP contribution in [-0.4, -0.2) is 84.2 Å². The second kappa shape index (κ2) is 10.7. The topological polar surface area (TPSA) is 107 Å². The van der Waals surface area contributed by atoms with Crippen molar-refractivity contribution in [2.75, 3.05) is 64.6 Å². The Morgan fingerprint density at radius 2 is 1.89 bits per heavy atom. The van der Waals surface area contributed by atoms with E-state index in [9.17, 15) is 14.0 Å². The molecule has 240 valence electrons. The summed E-state index contributed by atoms with van der Waals surface area (Å²) >= 11 is 0.862. The van der Waals surface area contributed by atoms with E-state index in [4.69, 9.17) is 20.4 Å². The summed E-state index contributed by atoms with van der Waals surface area (Å²) in [5, 5.41) is 10.9. The zero-order valence-corrected chi connectivity index (χ0v) is 27.3. The number of nitrogen functional groups attached to an aromatic ring is 1. The Hall–Kier alpha value is -3.66. The van der Waals surface area contributed by atoms with Crippen LogP contribution in [0.5, 0.6) is 6.01 Å². The van der Waals surface area contributed by atoms with Crippen molar-refractivity contribution in [3.63, 3.8) is 0 Å². The Balaban J connectivity index is 1.18. The van der Waals surface area contributed by atoms with Gasteiger partial charge in [0.1, 0.15) is 16.9 Å². The summed E-state index contributed by atoms with van der Waals surface area (Å²) in [6.07, 6.45) is 8.75. The van der Waals surface area contributed by atoms with Gasteiger partial charge in [0.25, 0.3) is 0 Å². The number of ether oxygens (including phenoxy) is 1. The Labute approximate surface area is 271 Å². The van der Waals surface area contributed by atoms with Crippen LogP contribution in [-0.2, 0) is 0 Å². The molecule has 9 nitrogen and oxygen atoms in total. The molecule has 2 atom stereocenters. The maximum absolute atomic E-state index is 14.9. The summed E-state index contributed by atoms with van der Waals surface area (Å²) in [7, 11) is 6.29. The van der Waals surface area contributed by atoms with E-state index in [2.05, 4.69) is 39.8 Å². The number of likely N-dealkylation sites (tertiary alicyclic amines) is 1. The molecule has 0 bridgehead atoms. The maximum atomic E-state index is 14.9. The summed E-state index contributed by atoms with van der Waals surface area (Å²) < 4.78 is 36.1. The molecule has 12 heteroatoms. The first-order valence-corrected chi connectivity index (χ1v) is 16.9. The summed E-state index contributed by atoms with van der Waals surface area (Å²) in [6, 6.07) is 5.19. The van der Waals surface area contributed by atoms with E-state index in [-0.39, 0.29) is 37.2 Å². The molecule has 0 radical (unpaired) electrons. The van der Waals surface area contributed by atoms with E-state index < -0.39 is 11.6 Å². The number of nitrogens with two attached hydrogens (primary N) is 1. The molecule has 8 rings (SSSR count). The molecule has 1 aromatic carbocycles. The Bertz CT molecular complexity index is 1900. The first-order valence-electron chi connectivity index (χ1n) is 16.1. The van der Waals surface area contributed by atoms with Crippen molar-refractivity contribution >= 4 is 43.1 Å². The van der Waals surface area contributed by atoms with Gasteiger partial charge in [0, 0.05) is 61.3 Å². The van der Waals surface area contributed by atoms with Crippen molar-refractivity contribution in [3.05, 3.63) is 35.5 Å². The second-order valence-electron chi connectivity index (χ2n) is 14.4. The second-order valence-corrected chi connectivity index (χ2v) is 15.4. The van der Waals surface area contributed by atoms with Gasteiger partial charge in [-0.3, -0.25) is 4.98 Å². The summed E-state index contributed by atoms with van der Waals surface area (Å²) in [6.45, 7) is 4.79. The molecule has 2 N–H and O–H groups in total. The van der Waals surface area contributed by atoms with Crippen LogP contribution in [0.25, 0.3) is 32.2 Å². The summed E-state index contributed by atoms with van der Waals surface area (Å²) in [5.41, 5.74) is 7.58. The number of nitrogens with zero attached hydrogens (tertiary/aromatic N) is 7. The minimum Gasteiger partial charge on any atom is -0.463 e. The Morgan fingerprint density at radius 3 is 2.54 bits per heavy atom. The smallest absolute Gasteiger partial charge is 0.318 e. The van der Waals surface area contributed by atoms with Crippen LogP contribution in [0.2, 0.25) is 0 Å². The lowest BCUT2D eigenvalue weighted by molar-refractivity contribution is 0.0682. The van der Waals surface area contributed by atoms with Crippen LogP contribution in [0.15, 0.2) is 18.3 Å². The third-order valence-electron chi connectivity index (χ3n) is 11.0. The van der Waals surface area contributed by atoms with Crippen LogP contribution in [0.3, 0.4) is 0 Å². The number of hydrogen-bond donors (Lipinski definition) is 1. The quantitative estimate of drug-likeness (QED) is 0.234. The van der Waals surface area contributed by atoms with E-state index in [1.165, 1.54) is 25.9 Å². The van der Waals surface area contributed by atoms with Gasteiger partial charge < -0.3 is 25.2 Å². The van der Waals surface area contributed by atoms with Gasteiger partial charge in [-0.05, 0) is 76.6 Å². The number of rotatable bonds is 10. The molecule has 1 saturated heterocycles. The molecule has 1 aliphatic heterocycles. The molecule has 4 fully saturated rings. The fraction of sp³-hybridized carbons (Fsp3) is 0.529. The third kappa shape index (κ3) is 4.95. The van der Waals surface area contributed by atoms with E-state index >= 15 is 0 Å². The monoisotopic (exact) mass is 644 g/mol. The van der Waals surface area contributed by atoms with Crippen molar-refractivity contribution in [2.24, 2.45) is 17.3 Å². The van der Waals surface area contributed by atoms with Crippen LogP contribution in [0, 0.1) is 40.2 Å². The minimum atomic E-state index is -1.03. The zero-order chi connectivity index (χ0) is 32.0. The molecule has 3 saturated carbocycles. The Kier molecular flexibility index (Phi) is 6.91. The normalized spacial score (nSPS) is 22.5. The molecule has 3 aliphatic carbocycles. The average Bonchev–Trinajstić information content (AvgIpc) is 3.88. The van der Waals surface area contributed by atoms with Gasteiger partial charge in [-0.1, -0.05) is 0 Å². The number of likely N-dealkylation sites (N-methyl/N-ethyl adjacent to an activating group) is 2. The number of fused-ring (bicyclic) bond motifs is 3. The number of pyridine rings is 1. The van der Waals surface area contributed by atoms with Crippen molar-refractivity contribution in [3.8, 4) is 23.3 Å². The molecular weight excluding hydrogens is 606 g/mol. The number of halogens is 2. The van der Waals surface area contributed by atoms with Crippen LogP contribution < -0.4 is 15.4 Å². The van der Waals surface area contributed by atoms with Crippen LogP contribution in [0.4, 0.5) is 19.6 Å². The average molecular weight is 645 g/mol. The van der Waals surface area contributed by atoms with Gasteiger partial charge in [0.15, 0.2) is 11.6 Å². The molecule has 0 spiro atoms. The highest BCUT2D eigenvalue weighted by atomic mass is 32.1. The maximum Gasteiger partial charge on any atom is 0.318 e. The van der Waals surface area contributed by atoms with E-state index in [0.717, 1.165) is 73.4 Å². The van der Waals surface area contributed by atoms with Crippen LogP contribution in [0.1, 0.15) is 44.1 Å². The lowest BCUT2D eigenvalue weighted by atomic mass is 9.75. The summed E-state index contributed by atoms with van der Waals surface area (Å²) in [4.78, 5) is 21.5. The number of thiophene rings is 1. The summed E-state index contributed by atoms with van der Waals surface area (Å²) in [5.74, 6) is 0.457. The van der Waals surface area contributed by atoms with Crippen molar-refractivity contribution in [1.29, 1.82) is 5.26 Å². The molecule has 46 heavy (non-hydrogen) atoms. The number of anilines is 2. The van der Waals surface area contributed by atoms with Crippen molar-refractivity contribution in [2.45, 2.75) is 44.1 Å². The van der Waals surface area contributed by atoms with Gasteiger partial charge in [-0.2, -0.15) is 15.2 Å². The Morgan fingerprint density at radius 1 is 1.13 bits per heavy atom. The van der Waals surface area contributed by atoms with Gasteiger partial charge in [-0.25, -0.2) is 8.78 Å². The predicted molar refractivity (Wildman–Crippen MR) is 176 cm³/mol. The fourth-order valence-corrected chi connectivity index (χ4v) is 8.70. The van der Waals surface area contributed by atoms with Gasteiger partial charge in [0.2, 0.25) is 0 Å². The molecule has 4 aliphatic rings. The highest BCUT2D eigenvalue weighted by molar-refractivity contribution is 7.23. The number of hydrogen-bond acceptors (Lipinski definition) is 10. The van der Waals surface area contributed by atoms with E-state index in [0.29, 0.717) is 29.6 Å². The minimum absolute atomic E-state index is 0.00222. The first kappa shape index (κ1) is 29.7. The molecule has 2 unspecified atom stereocenters. The van der Waals surface area contributed by atoms with Crippen LogP contribution >= 0.6 is 11.3 Å². The number of benzene rings is 1. The molecule has 4 heterocycles. The van der Waals surface area contributed by atoms with Crippen molar-refractivity contribution in [1.82, 2.24) is 24.8 Å². The van der Waals surface area contributed by atoms with Gasteiger partial charge >= 0.3 is 6.01 Å². The highest BCUT2D eigenvalue weighted by Crippen LogP contribution is 2.51. The first-order chi connectivity index (χ1) is 22.1. The largest absolute Gasteiger partial charge is 0.463 e. The molecular formula is C34H38F2N8OS. The highest BCUT2D eigenvalue weighted by Gasteiger charge is 2.51. The molecule has 4 aromatic rings. The zero-order valence-electron chi connectivity index (χ0n) is 26.4. The molecule has 3 aromatic heterocycles. The number of nitriles is 1. The number of aromatic nitrogens is 3. The van der Waals surface area contributed by atoms with E-state index in [1.807, 2.05) is 7.05 Å².